The highest BCUT2D eigenvalue weighted by atomic mass is 16.6. The fraction of sp³-hybridized carbons (Fsp3) is 0.222. The summed E-state index contributed by atoms with van der Waals surface area (Å²) >= 11 is 0. The zero-order valence-corrected chi connectivity index (χ0v) is 6.47. The minimum Gasteiger partial charge on any atom is -0.392 e. The fourth-order valence-electron chi connectivity index (χ4n) is 1.17. The topological polar surface area (TPSA) is 41.8 Å². The monoisotopic (exact) mass is 163 g/mol. The summed E-state index contributed by atoms with van der Waals surface area (Å²) in [5.41, 5.74) is 1.54. The highest BCUT2D eigenvalue weighted by Crippen LogP contribution is 2.10. The minimum absolute atomic E-state index is 0.268. The highest BCUT2D eigenvalue weighted by molar-refractivity contribution is 6.04. The lowest BCUT2D eigenvalue weighted by molar-refractivity contribution is 0.105. The van der Waals surface area contributed by atoms with E-state index in [2.05, 4.69) is 5.16 Å². The lowest BCUT2D eigenvalue weighted by Gasteiger charge is -2.01. The number of aliphatic hydroxyl groups is 1. The van der Waals surface area contributed by atoms with Crippen LogP contribution < -0.4 is 0 Å². The molecule has 0 saturated heterocycles. The summed E-state index contributed by atoms with van der Waals surface area (Å²) in [7, 11) is 0. The van der Waals surface area contributed by atoms with Gasteiger partial charge in [-0.1, -0.05) is 35.5 Å². The molecule has 0 radical (unpaired) electrons. The van der Waals surface area contributed by atoms with Gasteiger partial charge in [-0.15, -0.1) is 0 Å². The first-order valence-electron chi connectivity index (χ1n) is 3.81. The first kappa shape index (κ1) is 7.31. The molecule has 0 amide bonds. The normalized spacial score (nSPS) is 21.8. The predicted molar refractivity (Wildman–Crippen MR) is 44.9 cm³/mol. The van der Waals surface area contributed by atoms with Gasteiger partial charge in [-0.3, -0.25) is 0 Å². The van der Waals surface area contributed by atoms with Crippen molar-refractivity contribution in [3.8, 4) is 0 Å². The molecule has 0 unspecified atom stereocenters. The van der Waals surface area contributed by atoms with E-state index in [0.29, 0.717) is 5.71 Å². The Morgan fingerprint density at radius 1 is 1.33 bits per heavy atom. The van der Waals surface area contributed by atoms with Crippen LogP contribution in [0.4, 0.5) is 0 Å². The molecule has 1 N–H and O–H groups in total. The van der Waals surface area contributed by atoms with Crippen molar-refractivity contribution in [2.24, 2.45) is 5.16 Å². The molecular formula is C9H9NO2. The van der Waals surface area contributed by atoms with Gasteiger partial charge in [0.25, 0.3) is 0 Å². The van der Waals surface area contributed by atoms with Gasteiger partial charge >= 0.3 is 0 Å². The van der Waals surface area contributed by atoms with Crippen LogP contribution in [-0.4, -0.2) is 23.5 Å². The van der Waals surface area contributed by atoms with E-state index >= 15 is 0 Å². The number of hydrogen-bond donors (Lipinski definition) is 1. The summed E-state index contributed by atoms with van der Waals surface area (Å²) in [4.78, 5) is 4.76. The fourth-order valence-corrected chi connectivity index (χ4v) is 1.17. The Kier molecular flexibility index (Phi) is 1.80. The van der Waals surface area contributed by atoms with E-state index in [1.165, 1.54) is 0 Å². The van der Waals surface area contributed by atoms with Crippen LogP contribution in [0.1, 0.15) is 5.56 Å². The van der Waals surface area contributed by atoms with Crippen LogP contribution in [0.25, 0.3) is 0 Å². The Labute approximate surface area is 70.3 Å². The average molecular weight is 163 g/mol. The molecule has 0 aliphatic carbocycles. The molecule has 0 aromatic heterocycles. The van der Waals surface area contributed by atoms with Crippen LogP contribution >= 0.6 is 0 Å². The highest BCUT2D eigenvalue weighted by Gasteiger charge is 2.21. The maximum absolute atomic E-state index is 9.39. The molecule has 1 aromatic rings. The van der Waals surface area contributed by atoms with Crippen molar-refractivity contribution in [2.45, 2.75) is 6.10 Å². The van der Waals surface area contributed by atoms with E-state index in [-0.39, 0.29) is 6.61 Å². The molecule has 0 fully saturated rings. The number of rotatable bonds is 1. The van der Waals surface area contributed by atoms with Gasteiger partial charge in [-0.05, 0) is 0 Å². The van der Waals surface area contributed by atoms with Gasteiger partial charge in [0.2, 0.25) is 0 Å². The first-order chi connectivity index (χ1) is 5.88. The number of benzene rings is 1. The Morgan fingerprint density at radius 2 is 2.08 bits per heavy atom. The van der Waals surface area contributed by atoms with E-state index < -0.39 is 6.10 Å². The van der Waals surface area contributed by atoms with Crippen LogP contribution in [-0.2, 0) is 4.84 Å². The zero-order chi connectivity index (χ0) is 8.39. The number of hydrogen-bond acceptors (Lipinski definition) is 3. The second-order valence-corrected chi connectivity index (χ2v) is 2.65. The summed E-state index contributed by atoms with van der Waals surface area (Å²) in [6.07, 6.45) is -0.576. The number of nitrogens with zero attached hydrogens (tertiary/aromatic N) is 1. The average Bonchev–Trinajstić information content (AvgIpc) is 2.53. The van der Waals surface area contributed by atoms with Crippen molar-refractivity contribution in [3.63, 3.8) is 0 Å². The molecule has 3 nitrogen and oxygen atoms in total. The second kappa shape index (κ2) is 2.95. The molecule has 1 aromatic carbocycles. The summed E-state index contributed by atoms with van der Waals surface area (Å²) in [5.74, 6) is 0. The molecule has 1 aliphatic rings. The van der Waals surface area contributed by atoms with Crippen molar-refractivity contribution >= 4 is 5.71 Å². The van der Waals surface area contributed by atoms with Gasteiger partial charge < -0.3 is 9.94 Å². The van der Waals surface area contributed by atoms with Crippen molar-refractivity contribution in [2.75, 3.05) is 6.61 Å². The van der Waals surface area contributed by atoms with Crippen LogP contribution in [0.3, 0.4) is 0 Å². The summed E-state index contributed by atoms with van der Waals surface area (Å²) < 4.78 is 0. The third-order valence-corrected chi connectivity index (χ3v) is 1.78. The van der Waals surface area contributed by atoms with Crippen LogP contribution in [0.15, 0.2) is 35.5 Å². The first-order valence-corrected chi connectivity index (χ1v) is 3.81. The standard InChI is InChI=1S/C9H9NO2/c11-8-6-12-10-9(8)7-4-2-1-3-5-7/h1-5,8,11H,6H2/t8-/m0/s1. The molecule has 1 heterocycles. The van der Waals surface area contributed by atoms with Crippen molar-refractivity contribution in [1.29, 1.82) is 0 Å². The van der Waals surface area contributed by atoms with Crippen LogP contribution in [0.2, 0.25) is 0 Å². The van der Waals surface area contributed by atoms with Crippen LogP contribution in [0.5, 0.6) is 0 Å². The largest absolute Gasteiger partial charge is 0.392 e. The number of oxime groups is 1. The lowest BCUT2D eigenvalue weighted by Crippen LogP contribution is -2.19. The zero-order valence-electron chi connectivity index (χ0n) is 6.47. The van der Waals surface area contributed by atoms with Gasteiger partial charge in [-0.25, -0.2) is 0 Å². The molecule has 1 aliphatic heterocycles. The van der Waals surface area contributed by atoms with E-state index in [0.717, 1.165) is 5.56 Å². The van der Waals surface area contributed by atoms with Gasteiger partial charge in [-0.2, -0.15) is 0 Å². The quantitative estimate of drug-likeness (QED) is 0.664. The maximum Gasteiger partial charge on any atom is 0.148 e. The molecule has 12 heavy (non-hydrogen) atoms. The van der Waals surface area contributed by atoms with E-state index in [1.54, 1.807) is 0 Å². The van der Waals surface area contributed by atoms with Gasteiger partial charge in [0, 0.05) is 5.56 Å². The molecule has 0 spiro atoms. The maximum atomic E-state index is 9.39. The van der Waals surface area contributed by atoms with Gasteiger partial charge in [0.1, 0.15) is 18.4 Å². The van der Waals surface area contributed by atoms with Crippen LogP contribution in [0, 0.1) is 0 Å². The molecule has 2 rings (SSSR count). The molecule has 62 valence electrons. The number of aliphatic hydroxyl groups excluding tert-OH is 1. The SMILES string of the molecule is O[C@H]1CON=C1c1ccccc1. The molecule has 0 saturated carbocycles. The summed E-state index contributed by atoms with van der Waals surface area (Å²) in [6.45, 7) is 0.268. The molecular weight excluding hydrogens is 154 g/mol. The minimum atomic E-state index is -0.576. The smallest absolute Gasteiger partial charge is 0.148 e. The van der Waals surface area contributed by atoms with Gasteiger partial charge in [0.05, 0.1) is 0 Å². The summed E-state index contributed by atoms with van der Waals surface area (Å²) in [6, 6.07) is 9.53. The van der Waals surface area contributed by atoms with Crippen molar-refractivity contribution < 1.29 is 9.94 Å². The van der Waals surface area contributed by atoms with Gasteiger partial charge in [0.15, 0.2) is 0 Å². The molecule has 0 bridgehead atoms. The van der Waals surface area contributed by atoms with Crippen molar-refractivity contribution in [1.82, 2.24) is 0 Å². The Balaban J connectivity index is 2.31. The predicted octanol–water partition coefficient (Wildman–Crippen LogP) is 0.782. The molecule has 1 atom stereocenters. The van der Waals surface area contributed by atoms with E-state index in [9.17, 15) is 5.11 Å². The van der Waals surface area contributed by atoms with Crippen molar-refractivity contribution in [3.05, 3.63) is 35.9 Å². The van der Waals surface area contributed by atoms with E-state index in [4.69, 9.17) is 4.84 Å². The Morgan fingerprint density at radius 3 is 2.67 bits per heavy atom. The Hall–Kier alpha value is -1.35. The lowest BCUT2D eigenvalue weighted by atomic mass is 10.1. The van der Waals surface area contributed by atoms with E-state index in [1.807, 2.05) is 30.3 Å². The third kappa shape index (κ3) is 1.19. The summed E-state index contributed by atoms with van der Waals surface area (Å²) in [5, 5.41) is 13.1. The molecule has 3 heteroatoms. The third-order valence-electron chi connectivity index (χ3n) is 1.78. The second-order valence-electron chi connectivity index (χ2n) is 2.65. The Bertz CT molecular complexity index is 295.